The van der Waals surface area contributed by atoms with Gasteiger partial charge in [-0.2, -0.15) is 0 Å². The van der Waals surface area contributed by atoms with Crippen molar-refractivity contribution in [3.63, 3.8) is 0 Å². The van der Waals surface area contributed by atoms with Crippen LogP contribution in [-0.4, -0.2) is 19.5 Å². The molecule has 1 atom stereocenters. The Balaban J connectivity index is 1.34. The lowest BCUT2D eigenvalue weighted by molar-refractivity contribution is -0.162. The second-order valence-corrected chi connectivity index (χ2v) is 14.3. The predicted molar refractivity (Wildman–Crippen MR) is 146 cm³/mol. The summed E-state index contributed by atoms with van der Waals surface area (Å²) in [6.07, 6.45) is 11.0. The number of rotatable bonds is 10. The summed E-state index contributed by atoms with van der Waals surface area (Å²) in [5, 5.41) is 4.02. The maximum Gasteiger partial charge on any atom is 0.181 e. The van der Waals surface area contributed by atoms with Gasteiger partial charge in [-0.1, -0.05) is 60.7 Å². The molecule has 1 unspecified atom stereocenters. The zero-order valence-electron chi connectivity index (χ0n) is 19.1. The summed E-state index contributed by atoms with van der Waals surface area (Å²) in [4.78, 5) is 0. The van der Waals surface area contributed by atoms with Crippen molar-refractivity contribution >= 4 is 37.4 Å². The first-order chi connectivity index (χ1) is 16.3. The Morgan fingerprint density at radius 3 is 2.06 bits per heavy atom. The molecule has 2 nitrogen and oxygen atoms in total. The third kappa shape index (κ3) is 6.64. The van der Waals surface area contributed by atoms with Crippen molar-refractivity contribution in [1.82, 2.24) is 0 Å². The highest BCUT2D eigenvalue weighted by molar-refractivity contribution is 9.44. The lowest BCUT2D eigenvalue weighted by Crippen LogP contribution is -2.26. The Labute approximate surface area is 207 Å². The Bertz CT molecular complexity index is 944. The minimum Gasteiger partial charge on any atom is -0.353 e. The van der Waals surface area contributed by atoms with E-state index in [1.165, 1.54) is 34.3 Å². The molecular formula is C29H33BrO2P+. The Morgan fingerprint density at radius 2 is 1.45 bits per heavy atom. The van der Waals surface area contributed by atoms with Crippen LogP contribution in [-0.2, 0) is 15.9 Å². The summed E-state index contributed by atoms with van der Waals surface area (Å²) < 4.78 is 11.4. The molecular weight excluding hydrogens is 491 g/mol. The van der Waals surface area contributed by atoms with Crippen molar-refractivity contribution in [2.24, 2.45) is 0 Å². The normalized spacial score (nSPS) is 16.8. The van der Waals surface area contributed by atoms with Crippen LogP contribution in [0.4, 0.5) is 0 Å². The van der Waals surface area contributed by atoms with Gasteiger partial charge in [0, 0.05) is 6.61 Å². The van der Waals surface area contributed by atoms with E-state index >= 15 is 0 Å². The molecule has 1 aliphatic heterocycles. The number of hydrogen-bond acceptors (Lipinski definition) is 2. The van der Waals surface area contributed by atoms with Gasteiger partial charge in [-0.05, 0) is 80.5 Å². The van der Waals surface area contributed by atoms with E-state index in [0.717, 1.165) is 38.9 Å². The van der Waals surface area contributed by atoms with E-state index in [4.69, 9.17) is 9.47 Å². The predicted octanol–water partition coefficient (Wildman–Crippen LogP) is 6.71. The second kappa shape index (κ2) is 12.6. The van der Waals surface area contributed by atoms with Gasteiger partial charge in [-0.3, -0.25) is 0 Å². The molecule has 0 aliphatic carbocycles. The summed E-state index contributed by atoms with van der Waals surface area (Å²) >= 11 is 4.23. The van der Waals surface area contributed by atoms with Gasteiger partial charge in [-0.15, -0.1) is 0 Å². The van der Waals surface area contributed by atoms with Crippen LogP contribution in [0.1, 0.15) is 37.7 Å². The first-order valence-corrected chi connectivity index (χ1v) is 15.8. The average molecular weight is 524 g/mol. The molecule has 1 heterocycles. The Kier molecular flexibility index (Phi) is 9.32. The lowest BCUT2D eigenvalue weighted by Gasteiger charge is -2.22. The van der Waals surface area contributed by atoms with Crippen LogP contribution in [0.25, 0.3) is 0 Å². The number of ether oxygens (including phenoxy) is 2. The van der Waals surface area contributed by atoms with Crippen LogP contribution in [0.2, 0.25) is 0 Å². The van der Waals surface area contributed by atoms with Crippen molar-refractivity contribution in [3.05, 3.63) is 103 Å². The zero-order chi connectivity index (χ0) is 22.8. The Hall–Kier alpha value is -1.77. The molecule has 0 bridgehead atoms. The third-order valence-corrected chi connectivity index (χ3v) is 12.7. The SMILES string of the molecule is Br[P+](c1ccccc1)(c1ccccc1)c1ccc(C/C=C/CCCOC2CCCCO2)cc1. The quantitative estimate of drug-likeness (QED) is 0.167. The maximum atomic E-state index is 5.81. The second-order valence-electron chi connectivity index (χ2n) is 8.41. The molecule has 3 aromatic carbocycles. The molecule has 0 spiro atoms. The largest absolute Gasteiger partial charge is 0.353 e. The molecule has 172 valence electrons. The fourth-order valence-electron chi connectivity index (χ4n) is 4.15. The molecule has 1 aliphatic rings. The number of hydrogen-bond donors (Lipinski definition) is 0. The van der Waals surface area contributed by atoms with Crippen LogP contribution in [0.15, 0.2) is 97.1 Å². The monoisotopic (exact) mass is 523 g/mol. The summed E-state index contributed by atoms with van der Waals surface area (Å²) in [5.41, 5.74) is 1.34. The van der Waals surface area contributed by atoms with Gasteiger partial charge < -0.3 is 9.47 Å². The minimum atomic E-state index is -1.83. The van der Waals surface area contributed by atoms with Gasteiger partial charge in [0.1, 0.15) is 15.9 Å². The number of unbranched alkanes of at least 4 members (excludes halogenated alkanes) is 1. The van der Waals surface area contributed by atoms with E-state index in [-0.39, 0.29) is 6.29 Å². The van der Waals surface area contributed by atoms with Crippen molar-refractivity contribution in [1.29, 1.82) is 0 Å². The summed E-state index contributed by atoms with van der Waals surface area (Å²) in [7, 11) is 0. The van der Waals surface area contributed by atoms with E-state index < -0.39 is 5.96 Å². The van der Waals surface area contributed by atoms with E-state index in [1.807, 2.05) is 0 Å². The lowest BCUT2D eigenvalue weighted by atomic mass is 10.1. The first-order valence-electron chi connectivity index (χ1n) is 11.9. The highest BCUT2D eigenvalue weighted by atomic mass is 79.9. The molecule has 0 aromatic heterocycles. The van der Waals surface area contributed by atoms with E-state index in [9.17, 15) is 0 Å². The highest BCUT2D eigenvalue weighted by Gasteiger charge is 2.43. The smallest absolute Gasteiger partial charge is 0.181 e. The van der Waals surface area contributed by atoms with Gasteiger partial charge in [0.15, 0.2) is 27.7 Å². The van der Waals surface area contributed by atoms with Crippen LogP contribution >= 0.6 is 21.5 Å². The molecule has 3 aromatic rings. The van der Waals surface area contributed by atoms with Gasteiger partial charge >= 0.3 is 0 Å². The average Bonchev–Trinajstić information content (AvgIpc) is 2.89. The van der Waals surface area contributed by atoms with Crippen LogP contribution in [0.3, 0.4) is 0 Å². The van der Waals surface area contributed by atoms with E-state index in [1.54, 1.807) is 0 Å². The summed E-state index contributed by atoms with van der Waals surface area (Å²) in [5.74, 6) is -1.83. The van der Waals surface area contributed by atoms with Gasteiger partial charge in [0.25, 0.3) is 0 Å². The third-order valence-electron chi connectivity index (χ3n) is 5.99. The van der Waals surface area contributed by atoms with Crippen LogP contribution in [0, 0.1) is 0 Å². The fraction of sp³-hybridized carbons (Fsp3) is 0.310. The highest BCUT2D eigenvalue weighted by Crippen LogP contribution is 2.62. The maximum absolute atomic E-state index is 5.81. The minimum absolute atomic E-state index is 0.0254. The topological polar surface area (TPSA) is 18.5 Å². The molecule has 4 rings (SSSR count). The van der Waals surface area contributed by atoms with Crippen molar-refractivity contribution in [3.8, 4) is 0 Å². The van der Waals surface area contributed by atoms with E-state index in [0.29, 0.717) is 0 Å². The van der Waals surface area contributed by atoms with E-state index in [2.05, 4.69) is 113 Å². The van der Waals surface area contributed by atoms with Crippen LogP contribution in [0.5, 0.6) is 0 Å². The summed E-state index contributed by atoms with van der Waals surface area (Å²) in [6.45, 7) is 1.62. The van der Waals surface area contributed by atoms with Crippen molar-refractivity contribution in [2.75, 3.05) is 13.2 Å². The van der Waals surface area contributed by atoms with Crippen molar-refractivity contribution in [2.45, 2.75) is 44.8 Å². The molecule has 0 amide bonds. The zero-order valence-corrected chi connectivity index (χ0v) is 21.6. The van der Waals surface area contributed by atoms with Gasteiger partial charge in [-0.25, -0.2) is 0 Å². The molecule has 4 heteroatoms. The molecule has 33 heavy (non-hydrogen) atoms. The molecule has 1 saturated heterocycles. The number of benzene rings is 3. The molecule has 0 saturated carbocycles. The standard InChI is InChI=1S/C29H33BrO2P/c30-33(26-14-6-3-7-15-26,27-16-8-4-9-17-27)28-21-19-25(20-22-28)13-5-1-2-11-23-31-29-18-10-12-24-32-29/h1,3-9,14-17,19-22,29H,2,10-13,18,23-24H2/q+1/b5-1+. The molecule has 0 N–H and O–H groups in total. The molecule has 1 fully saturated rings. The van der Waals surface area contributed by atoms with Gasteiger partial charge in [0.05, 0.1) is 6.61 Å². The number of halogens is 1. The van der Waals surface area contributed by atoms with Crippen LogP contribution < -0.4 is 15.9 Å². The number of allylic oxidation sites excluding steroid dienone is 2. The summed E-state index contributed by atoms with van der Waals surface area (Å²) in [6, 6.07) is 30.7. The Morgan fingerprint density at radius 1 is 0.818 bits per heavy atom. The first kappa shape index (κ1) is 24.4. The van der Waals surface area contributed by atoms with Crippen molar-refractivity contribution < 1.29 is 9.47 Å². The van der Waals surface area contributed by atoms with Gasteiger partial charge in [0.2, 0.25) is 0 Å². The fourth-order valence-corrected chi connectivity index (χ4v) is 8.90. The molecule has 0 radical (unpaired) electrons.